The molecule has 0 aliphatic carbocycles. The predicted octanol–water partition coefficient (Wildman–Crippen LogP) is 1.01. The first-order valence-electron chi connectivity index (χ1n) is 7.43. The van der Waals surface area contributed by atoms with Gasteiger partial charge in [-0.25, -0.2) is 9.98 Å². The van der Waals surface area contributed by atoms with Crippen molar-refractivity contribution in [3.05, 3.63) is 65.7 Å². The minimum absolute atomic E-state index is 0.0311. The highest BCUT2D eigenvalue weighted by Crippen LogP contribution is 2.40. The summed E-state index contributed by atoms with van der Waals surface area (Å²) in [5.74, 6) is -0.147. The van der Waals surface area contributed by atoms with Gasteiger partial charge in [-0.3, -0.25) is 4.57 Å². The zero-order valence-corrected chi connectivity index (χ0v) is 14.5. The minimum atomic E-state index is -4.77. The number of guanidine groups is 1. The number of aliphatic hydroxyl groups is 1. The summed E-state index contributed by atoms with van der Waals surface area (Å²) < 4.78 is 16.9. The second-order valence-electron chi connectivity index (χ2n) is 5.20. The average Bonchev–Trinajstić information content (AvgIpc) is 2.58. The highest BCUT2D eigenvalue weighted by atomic mass is 31.2. The Hall–Kier alpha value is -2.55. The molecule has 0 radical (unpaired) electrons. The Labute approximate surface area is 149 Å². The van der Waals surface area contributed by atoms with Gasteiger partial charge in [0.15, 0.2) is 11.4 Å². The quantitative estimate of drug-likeness (QED) is 0.208. The van der Waals surface area contributed by atoms with E-state index in [9.17, 15) is 19.5 Å². The van der Waals surface area contributed by atoms with E-state index in [0.717, 1.165) is 5.56 Å². The first kappa shape index (κ1) is 19.8. The molecule has 0 spiro atoms. The van der Waals surface area contributed by atoms with E-state index < -0.39 is 19.5 Å². The van der Waals surface area contributed by atoms with Gasteiger partial charge in [-0.1, -0.05) is 42.5 Å². The van der Waals surface area contributed by atoms with Gasteiger partial charge in [-0.15, -0.1) is 0 Å². The Morgan fingerprint density at radius 3 is 2.23 bits per heavy atom. The number of benzene rings is 2. The minimum Gasteiger partial charge on any atom is -0.370 e. The summed E-state index contributed by atoms with van der Waals surface area (Å²) in [7, 11) is -4.77. The molecule has 0 fully saturated rings. The maximum atomic E-state index is 11.7. The number of aliphatic imine (C=N–C) groups is 2. The average molecular weight is 378 g/mol. The molecular formula is C16H19N4O5P. The molecular weight excluding hydrogens is 359 g/mol. The normalized spacial score (nSPS) is 13.3. The van der Waals surface area contributed by atoms with Crippen molar-refractivity contribution in [1.82, 2.24) is 0 Å². The zero-order valence-electron chi connectivity index (χ0n) is 13.6. The van der Waals surface area contributed by atoms with Crippen LogP contribution in [0.5, 0.6) is 0 Å². The summed E-state index contributed by atoms with van der Waals surface area (Å²) in [6, 6.07) is 14.7. The number of ether oxygens (including phenoxy) is 1. The molecule has 1 unspecified atom stereocenters. The number of nitrogens with two attached hydrogens (primary N) is 2. The van der Waals surface area contributed by atoms with E-state index in [4.69, 9.17) is 16.2 Å². The zero-order chi connectivity index (χ0) is 19.2. The van der Waals surface area contributed by atoms with Crippen LogP contribution in [0.2, 0.25) is 0 Å². The Bertz CT molecular complexity index is 829. The van der Waals surface area contributed by atoms with Crippen LogP contribution in [-0.2, 0) is 15.9 Å². The van der Waals surface area contributed by atoms with Crippen molar-refractivity contribution >= 4 is 24.7 Å². The third kappa shape index (κ3) is 6.07. The van der Waals surface area contributed by atoms with Crippen molar-refractivity contribution in [3.63, 3.8) is 0 Å². The Morgan fingerprint density at radius 1 is 1.08 bits per heavy atom. The van der Waals surface area contributed by atoms with Crippen LogP contribution in [0.3, 0.4) is 0 Å². The summed E-state index contributed by atoms with van der Waals surface area (Å²) in [6.07, 6.45) is -1.74. The number of hydrogen-bond donors (Lipinski definition) is 5. The van der Waals surface area contributed by atoms with E-state index >= 15 is 0 Å². The van der Waals surface area contributed by atoms with Crippen molar-refractivity contribution in [2.24, 2.45) is 21.5 Å². The summed E-state index contributed by atoms with van der Waals surface area (Å²) in [5, 5.41) is 9.87. The molecule has 0 aromatic heterocycles. The van der Waals surface area contributed by atoms with Gasteiger partial charge in [0.2, 0.25) is 0 Å². The van der Waals surface area contributed by atoms with Crippen molar-refractivity contribution in [2.45, 2.75) is 13.0 Å². The first-order chi connectivity index (χ1) is 12.3. The fraction of sp³-hybridized carbons (Fsp3) is 0.125. The molecule has 0 amide bonds. The second-order valence-corrected chi connectivity index (χ2v) is 6.71. The molecule has 2 aromatic rings. The molecule has 1 atom stereocenters. The molecule has 0 bridgehead atoms. The van der Waals surface area contributed by atoms with Crippen LogP contribution in [0.15, 0.2) is 64.6 Å². The van der Waals surface area contributed by atoms with E-state index in [0.29, 0.717) is 5.69 Å². The van der Waals surface area contributed by atoms with Crippen molar-refractivity contribution < 1.29 is 24.2 Å². The lowest BCUT2D eigenvalue weighted by Crippen LogP contribution is -2.21. The SMILES string of the molecule is NC(N)=Nc1ccc(C(=NC(O)OCc2ccccc2)P(=O)(O)O)cc1. The smallest absolute Gasteiger partial charge is 0.370 e. The maximum absolute atomic E-state index is 11.7. The van der Waals surface area contributed by atoms with Crippen LogP contribution in [0, 0.1) is 0 Å². The first-order valence-corrected chi connectivity index (χ1v) is 9.04. The monoisotopic (exact) mass is 378 g/mol. The van der Waals surface area contributed by atoms with Gasteiger partial charge in [-0.05, 0) is 17.7 Å². The third-order valence-corrected chi connectivity index (χ3v) is 4.06. The summed E-state index contributed by atoms with van der Waals surface area (Å²) >= 11 is 0. The lowest BCUT2D eigenvalue weighted by molar-refractivity contribution is -0.100. The number of hydrogen-bond acceptors (Lipinski definition) is 5. The van der Waals surface area contributed by atoms with Crippen LogP contribution in [0.4, 0.5) is 5.69 Å². The molecule has 0 heterocycles. The number of aliphatic hydroxyl groups excluding tert-OH is 1. The lowest BCUT2D eigenvalue weighted by atomic mass is 10.2. The third-order valence-electron chi connectivity index (χ3n) is 3.13. The summed E-state index contributed by atoms with van der Waals surface area (Å²) in [4.78, 5) is 26.5. The maximum Gasteiger partial charge on any atom is 0.374 e. The van der Waals surface area contributed by atoms with Gasteiger partial charge >= 0.3 is 7.60 Å². The Kier molecular flexibility index (Phi) is 6.62. The van der Waals surface area contributed by atoms with Crippen LogP contribution >= 0.6 is 7.60 Å². The molecule has 9 nitrogen and oxygen atoms in total. The topological polar surface area (TPSA) is 164 Å². The van der Waals surface area contributed by atoms with Crippen molar-refractivity contribution in [1.29, 1.82) is 0 Å². The highest BCUT2D eigenvalue weighted by Gasteiger charge is 2.26. The van der Waals surface area contributed by atoms with Gasteiger partial charge < -0.3 is 31.1 Å². The Balaban J connectivity index is 2.19. The van der Waals surface area contributed by atoms with E-state index in [1.54, 1.807) is 24.3 Å². The second kappa shape index (κ2) is 8.70. The van der Waals surface area contributed by atoms with E-state index in [2.05, 4.69) is 9.98 Å². The number of rotatable bonds is 7. The van der Waals surface area contributed by atoms with Crippen LogP contribution < -0.4 is 11.5 Å². The van der Waals surface area contributed by atoms with Crippen LogP contribution in [0.1, 0.15) is 11.1 Å². The molecule has 0 saturated carbocycles. The van der Waals surface area contributed by atoms with Gasteiger partial charge in [0.25, 0.3) is 6.41 Å². The van der Waals surface area contributed by atoms with Crippen molar-refractivity contribution in [2.75, 3.05) is 0 Å². The lowest BCUT2D eigenvalue weighted by Gasteiger charge is -2.13. The highest BCUT2D eigenvalue weighted by molar-refractivity contribution is 7.71. The van der Waals surface area contributed by atoms with Gasteiger partial charge in [0, 0.05) is 5.56 Å². The molecule has 10 heteroatoms. The summed E-state index contributed by atoms with van der Waals surface area (Å²) in [6.45, 7) is 0.0311. The largest absolute Gasteiger partial charge is 0.374 e. The Morgan fingerprint density at radius 2 is 1.69 bits per heavy atom. The molecule has 0 saturated heterocycles. The molecule has 26 heavy (non-hydrogen) atoms. The van der Waals surface area contributed by atoms with Gasteiger partial charge in [0.05, 0.1) is 12.3 Å². The molecule has 138 valence electrons. The van der Waals surface area contributed by atoms with Gasteiger partial charge in [-0.2, -0.15) is 0 Å². The van der Waals surface area contributed by atoms with Crippen LogP contribution in [0.25, 0.3) is 0 Å². The van der Waals surface area contributed by atoms with Gasteiger partial charge in [0.1, 0.15) is 0 Å². The fourth-order valence-corrected chi connectivity index (χ4v) is 2.77. The summed E-state index contributed by atoms with van der Waals surface area (Å²) in [5.41, 5.74) is 11.2. The predicted molar refractivity (Wildman–Crippen MR) is 97.7 cm³/mol. The van der Waals surface area contributed by atoms with Crippen molar-refractivity contribution in [3.8, 4) is 0 Å². The van der Waals surface area contributed by atoms with E-state index in [1.165, 1.54) is 24.3 Å². The molecule has 0 aliphatic rings. The van der Waals surface area contributed by atoms with Crippen LogP contribution in [-0.4, -0.2) is 32.7 Å². The standard InChI is InChI=1S/C16H19N4O5P/c17-15(18)19-13-8-6-12(7-9-13)14(26(22,23)24)20-16(21)25-10-11-4-2-1-3-5-11/h1-9,16,21H,10H2,(H4,17,18,19)(H2,22,23,24). The molecule has 2 aromatic carbocycles. The molecule has 2 rings (SSSR count). The van der Waals surface area contributed by atoms with E-state index in [1.807, 2.05) is 6.07 Å². The van der Waals surface area contributed by atoms with E-state index in [-0.39, 0.29) is 18.1 Å². The molecule has 0 aliphatic heterocycles. The number of nitrogens with zero attached hydrogens (tertiary/aromatic N) is 2. The molecule has 7 N–H and O–H groups in total. The fourth-order valence-electron chi connectivity index (χ4n) is 2.04.